The molecule has 0 amide bonds. The third-order valence-electron chi connectivity index (χ3n) is 5.07. The maximum atomic E-state index is 10.2. The molecule has 1 saturated heterocycles. The number of phenols is 1. The summed E-state index contributed by atoms with van der Waals surface area (Å²) in [7, 11) is 1.56. The molecule has 1 heterocycles. The molecule has 0 unspecified atom stereocenters. The molecule has 0 aromatic heterocycles. The van der Waals surface area contributed by atoms with Crippen molar-refractivity contribution in [1.29, 1.82) is 0 Å². The third-order valence-corrected chi connectivity index (χ3v) is 5.07. The number of rotatable bonds is 7. The summed E-state index contributed by atoms with van der Waals surface area (Å²) in [6.45, 7) is 5.32. The number of methoxy groups -OCH3 is 1. The summed E-state index contributed by atoms with van der Waals surface area (Å²) in [6, 6.07) is 15.6. The predicted molar refractivity (Wildman–Crippen MR) is 116 cm³/mol. The van der Waals surface area contributed by atoms with Crippen LogP contribution in [0, 0.1) is 0 Å². The molecule has 0 bridgehead atoms. The van der Waals surface area contributed by atoms with Gasteiger partial charge in [-0.3, -0.25) is 4.99 Å². The molecule has 0 spiro atoms. The standard InChI is InChI=1S/C23H31N3O3/c1-3-24-23(25-15-12-18-8-7-11-21(28-2)22(18)27)26-16-13-20(14-17-26)29-19-9-5-4-6-10-19/h4-11,20,27H,3,12-17H2,1-2H3,(H,24,25). The molecule has 2 aromatic rings. The number of aliphatic imine (C=N–C) groups is 1. The first-order valence-electron chi connectivity index (χ1n) is 10.3. The van der Waals surface area contributed by atoms with Crippen molar-refractivity contribution in [3.8, 4) is 17.2 Å². The van der Waals surface area contributed by atoms with Gasteiger partial charge in [0.25, 0.3) is 0 Å². The number of ether oxygens (including phenoxy) is 2. The molecule has 2 N–H and O–H groups in total. The fraction of sp³-hybridized carbons (Fsp3) is 0.435. The quantitative estimate of drug-likeness (QED) is 0.553. The highest BCUT2D eigenvalue weighted by molar-refractivity contribution is 5.80. The van der Waals surface area contributed by atoms with E-state index in [1.165, 1.54) is 0 Å². The molecule has 0 saturated carbocycles. The van der Waals surface area contributed by atoms with Crippen LogP contribution >= 0.6 is 0 Å². The second kappa shape index (κ2) is 10.6. The molecule has 2 aromatic carbocycles. The van der Waals surface area contributed by atoms with Crippen LogP contribution < -0.4 is 14.8 Å². The van der Waals surface area contributed by atoms with Crippen molar-refractivity contribution in [1.82, 2.24) is 10.2 Å². The molecule has 1 aliphatic rings. The fourth-order valence-corrected chi connectivity index (χ4v) is 3.52. The van der Waals surface area contributed by atoms with E-state index in [0.717, 1.165) is 49.7 Å². The van der Waals surface area contributed by atoms with Crippen molar-refractivity contribution in [2.75, 3.05) is 33.3 Å². The lowest BCUT2D eigenvalue weighted by atomic mass is 10.1. The lowest BCUT2D eigenvalue weighted by molar-refractivity contribution is 0.129. The summed E-state index contributed by atoms with van der Waals surface area (Å²) in [4.78, 5) is 7.07. The number of aromatic hydroxyl groups is 1. The molecule has 6 nitrogen and oxygen atoms in total. The molecule has 0 radical (unpaired) electrons. The second-order valence-electron chi connectivity index (χ2n) is 7.07. The first-order chi connectivity index (χ1) is 14.2. The molecule has 29 heavy (non-hydrogen) atoms. The van der Waals surface area contributed by atoms with Crippen LogP contribution in [0.3, 0.4) is 0 Å². The summed E-state index contributed by atoms with van der Waals surface area (Å²) >= 11 is 0. The van der Waals surface area contributed by atoms with Gasteiger partial charge in [0.2, 0.25) is 0 Å². The van der Waals surface area contributed by atoms with Crippen LogP contribution in [0.5, 0.6) is 17.2 Å². The minimum Gasteiger partial charge on any atom is -0.504 e. The summed E-state index contributed by atoms with van der Waals surface area (Å²) in [5, 5.41) is 13.6. The van der Waals surface area contributed by atoms with Gasteiger partial charge in [0.15, 0.2) is 17.5 Å². The number of piperidine rings is 1. The Balaban J connectivity index is 1.54. The van der Waals surface area contributed by atoms with Crippen molar-refractivity contribution in [2.24, 2.45) is 4.99 Å². The highest BCUT2D eigenvalue weighted by Gasteiger charge is 2.22. The lowest BCUT2D eigenvalue weighted by Gasteiger charge is -2.34. The van der Waals surface area contributed by atoms with Crippen LogP contribution in [-0.2, 0) is 6.42 Å². The van der Waals surface area contributed by atoms with Crippen molar-refractivity contribution < 1.29 is 14.6 Å². The van der Waals surface area contributed by atoms with E-state index in [-0.39, 0.29) is 11.9 Å². The third kappa shape index (κ3) is 5.79. The largest absolute Gasteiger partial charge is 0.504 e. The highest BCUT2D eigenvalue weighted by atomic mass is 16.5. The van der Waals surface area contributed by atoms with E-state index >= 15 is 0 Å². The fourth-order valence-electron chi connectivity index (χ4n) is 3.52. The van der Waals surface area contributed by atoms with E-state index < -0.39 is 0 Å². The smallest absolute Gasteiger partial charge is 0.193 e. The van der Waals surface area contributed by atoms with Gasteiger partial charge >= 0.3 is 0 Å². The van der Waals surface area contributed by atoms with Gasteiger partial charge in [-0.25, -0.2) is 0 Å². The van der Waals surface area contributed by atoms with Crippen molar-refractivity contribution in [2.45, 2.75) is 32.3 Å². The molecular weight excluding hydrogens is 366 g/mol. The Morgan fingerprint density at radius 2 is 1.90 bits per heavy atom. The second-order valence-corrected chi connectivity index (χ2v) is 7.07. The number of nitrogens with zero attached hydrogens (tertiary/aromatic N) is 2. The van der Waals surface area contributed by atoms with Crippen LogP contribution in [0.25, 0.3) is 0 Å². The number of hydrogen-bond acceptors (Lipinski definition) is 4. The van der Waals surface area contributed by atoms with Gasteiger partial charge in [-0.1, -0.05) is 30.3 Å². The summed E-state index contributed by atoms with van der Waals surface area (Å²) in [6.07, 6.45) is 2.84. The number of phenolic OH excluding ortho intramolecular Hbond substituents is 1. The molecule has 0 atom stereocenters. The average Bonchev–Trinajstić information content (AvgIpc) is 2.76. The molecule has 1 fully saturated rings. The molecule has 156 valence electrons. The lowest BCUT2D eigenvalue weighted by Crippen LogP contribution is -2.47. The normalized spacial score (nSPS) is 15.2. The molecule has 0 aliphatic carbocycles. The minimum atomic E-state index is 0.203. The molecular formula is C23H31N3O3. The predicted octanol–water partition coefficient (Wildman–Crippen LogP) is 3.45. The minimum absolute atomic E-state index is 0.203. The SMILES string of the molecule is CCNC(=NCCc1cccc(OC)c1O)N1CCC(Oc2ccccc2)CC1. The van der Waals surface area contributed by atoms with Crippen LogP contribution in [0.4, 0.5) is 0 Å². The van der Waals surface area contributed by atoms with Crippen LogP contribution in [0.15, 0.2) is 53.5 Å². The Labute approximate surface area is 173 Å². The first kappa shape index (κ1) is 20.8. The van der Waals surface area contributed by atoms with Gasteiger partial charge in [-0.2, -0.15) is 0 Å². The van der Waals surface area contributed by atoms with Gasteiger partial charge in [0.05, 0.1) is 7.11 Å². The van der Waals surface area contributed by atoms with E-state index in [4.69, 9.17) is 14.5 Å². The zero-order valence-electron chi connectivity index (χ0n) is 17.3. The van der Waals surface area contributed by atoms with E-state index in [1.807, 2.05) is 42.5 Å². The molecule has 3 rings (SSSR count). The zero-order chi connectivity index (χ0) is 20.5. The average molecular weight is 398 g/mol. The van der Waals surface area contributed by atoms with E-state index in [0.29, 0.717) is 18.7 Å². The molecule has 1 aliphatic heterocycles. The number of hydrogen-bond donors (Lipinski definition) is 2. The van der Waals surface area contributed by atoms with Crippen molar-refractivity contribution >= 4 is 5.96 Å². The topological polar surface area (TPSA) is 66.3 Å². The summed E-state index contributed by atoms with van der Waals surface area (Å²) in [5.41, 5.74) is 0.846. The van der Waals surface area contributed by atoms with Crippen molar-refractivity contribution in [3.05, 3.63) is 54.1 Å². The van der Waals surface area contributed by atoms with Gasteiger partial charge in [0.1, 0.15) is 11.9 Å². The zero-order valence-corrected chi connectivity index (χ0v) is 17.3. The van der Waals surface area contributed by atoms with Crippen LogP contribution in [-0.4, -0.2) is 55.4 Å². The van der Waals surface area contributed by atoms with E-state index in [9.17, 15) is 5.11 Å². The van der Waals surface area contributed by atoms with E-state index in [1.54, 1.807) is 13.2 Å². The highest BCUT2D eigenvalue weighted by Crippen LogP contribution is 2.29. The number of benzene rings is 2. The van der Waals surface area contributed by atoms with Gasteiger partial charge < -0.3 is 24.8 Å². The first-order valence-corrected chi connectivity index (χ1v) is 10.3. The Kier molecular flexibility index (Phi) is 7.61. The number of likely N-dealkylation sites (tertiary alicyclic amines) is 1. The van der Waals surface area contributed by atoms with E-state index in [2.05, 4.69) is 17.1 Å². The Morgan fingerprint density at radius 3 is 2.59 bits per heavy atom. The molecule has 6 heteroatoms. The number of para-hydroxylation sites is 2. The van der Waals surface area contributed by atoms with Gasteiger partial charge in [-0.05, 0) is 37.1 Å². The number of guanidine groups is 1. The van der Waals surface area contributed by atoms with Crippen molar-refractivity contribution in [3.63, 3.8) is 0 Å². The maximum Gasteiger partial charge on any atom is 0.193 e. The summed E-state index contributed by atoms with van der Waals surface area (Å²) in [5.74, 6) is 2.56. The number of nitrogens with one attached hydrogen (secondary N) is 1. The Bertz CT molecular complexity index is 787. The monoisotopic (exact) mass is 397 g/mol. The Hall–Kier alpha value is -2.89. The van der Waals surface area contributed by atoms with Gasteiger partial charge in [-0.15, -0.1) is 0 Å². The summed E-state index contributed by atoms with van der Waals surface area (Å²) < 4.78 is 11.3. The van der Waals surface area contributed by atoms with Crippen LogP contribution in [0.2, 0.25) is 0 Å². The Morgan fingerprint density at radius 1 is 1.14 bits per heavy atom. The maximum absolute atomic E-state index is 10.2. The van der Waals surface area contributed by atoms with Crippen LogP contribution in [0.1, 0.15) is 25.3 Å². The van der Waals surface area contributed by atoms with Gasteiger partial charge in [0, 0.05) is 39.0 Å².